The molecule has 68 heavy (non-hydrogen) atoms. The summed E-state index contributed by atoms with van der Waals surface area (Å²) in [5.41, 5.74) is 0. The van der Waals surface area contributed by atoms with E-state index in [1.165, 1.54) is 161 Å². The smallest absolute Gasteiger partial charge is 0.179 e. The zero-order valence-corrected chi connectivity index (χ0v) is 51.1. The van der Waals surface area contributed by atoms with E-state index < -0.39 is 24.0 Å². The van der Waals surface area contributed by atoms with E-state index in [2.05, 4.69) is 63.1 Å². The van der Waals surface area contributed by atoms with E-state index in [0.29, 0.717) is 38.5 Å². The Balaban J connectivity index is 5.84. The van der Waals surface area contributed by atoms with E-state index in [9.17, 15) is 29.4 Å². The van der Waals surface area contributed by atoms with Gasteiger partial charge in [0.05, 0.1) is 0 Å². The van der Waals surface area contributed by atoms with Crippen LogP contribution in [-0.2, 0) is 0 Å². The topological polar surface area (TPSA) is 121 Å². The third-order valence-corrected chi connectivity index (χ3v) is 25.7. The molecule has 6 nitrogen and oxygen atoms in total. The molecule has 0 aromatic rings. The van der Waals surface area contributed by atoms with Crippen molar-refractivity contribution < 1.29 is 29.4 Å². The van der Waals surface area contributed by atoms with E-state index in [1.807, 2.05) is 0 Å². The van der Waals surface area contributed by atoms with Crippen LogP contribution in [0.25, 0.3) is 0 Å². The molecule has 6 N–H and O–H groups in total. The molecular weight excluding hydrogens is 999 g/mol. The predicted octanol–water partition coefficient (Wildman–Crippen LogP) is 18.3. The van der Waals surface area contributed by atoms with Crippen molar-refractivity contribution in [3.05, 3.63) is 0 Å². The molecule has 0 aliphatic heterocycles. The van der Waals surface area contributed by atoms with Gasteiger partial charge in [0.15, 0.2) is 0 Å². The fourth-order valence-corrected chi connectivity index (χ4v) is 17.1. The number of hydrogen-bond acceptors (Lipinski definition) is 12. The van der Waals surface area contributed by atoms with Crippen LogP contribution in [0.1, 0.15) is 289 Å². The summed E-state index contributed by atoms with van der Waals surface area (Å²) in [6.07, 6.45) is 47.7. The molecular formula is C54H116O6P2S6. The van der Waals surface area contributed by atoms with Crippen molar-refractivity contribution in [3.63, 3.8) is 0 Å². The van der Waals surface area contributed by atoms with Crippen molar-refractivity contribution in [2.75, 3.05) is 35.3 Å². The second-order valence-electron chi connectivity index (χ2n) is 21.4. The average molecular weight is 1120 g/mol. The Hall–Kier alpha value is 2.72. The Labute approximate surface area is 456 Å². The number of rotatable bonds is 55. The molecule has 0 fully saturated rings. The zero-order valence-electron chi connectivity index (χ0n) is 44.0. The van der Waals surface area contributed by atoms with Gasteiger partial charge in [0.2, 0.25) is 0 Å². The standard InChI is InChI=1S/C54H116O6P2S6/c55-61(56,57,46-35-27-19-11-3-7-15-23-31-39-50-65)53(67)44-41-43-52(42-33-25-17-9-1-5-13-21-29-37-48-63)54(68,45-34-26-18-10-2-6-14-22-30-38-49-64)62(58,59,60)47-36-28-20-12-4-8-16-24-32-40-51-66/h52-53,55-60,63-68H,1-51H2. The molecule has 0 amide bonds. The summed E-state index contributed by atoms with van der Waals surface area (Å²) in [4.78, 5) is 70.2. The van der Waals surface area contributed by atoms with Gasteiger partial charge in [0.1, 0.15) is 0 Å². The summed E-state index contributed by atoms with van der Waals surface area (Å²) >= 11 is 27.3. The van der Waals surface area contributed by atoms with Crippen LogP contribution < -0.4 is 0 Å². The Bertz CT molecular complexity index is 1100. The number of hydrogen-bond donors (Lipinski definition) is 12. The second-order valence-corrected chi connectivity index (χ2v) is 32.4. The van der Waals surface area contributed by atoms with Crippen LogP contribution in [0.3, 0.4) is 0 Å². The minimum Gasteiger partial charge on any atom is -0.179 e. The first-order chi connectivity index (χ1) is 32.6. The van der Waals surface area contributed by atoms with Crippen LogP contribution in [0.2, 0.25) is 0 Å². The van der Waals surface area contributed by atoms with Gasteiger partial charge >= 0.3 is 391 Å². The second kappa shape index (κ2) is 44.8. The van der Waals surface area contributed by atoms with E-state index in [4.69, 9.17) is 12.6 Å². The maximum absolute atomic E-state index is 12.4. The fraction of sp³-hybridized carbons (Fsp3) is 1.00. The summed E-state index contributed by atoms with van der Waals surface area (Å²) < 4.78 is -1.36. The monoisotopic (exact) mass is 1110 g/mol. The van der Waals surface area contributed by atoms with E-state index in [-0.39, 0.29) is 18.2 Å². The normalized spacial score (nSPS) is 15.5. The van der Waals surface area contributed by atoms with E-state index >= 15 is 0 Å². The maximum atomic E-state index is 12.4. The predicted molar refractivity (Wildman–Crippen MR) is 328 cm³/mol. The van der Waals surface area contributed by atoms with Crippen LogP contribution >= 0.6 is 90.3 Å². The molecule has 0 bridgehead atoms. The van der Waals surface area contributed by atoms with Crippen molar-refractivity contribution >= 4 is 90.3 Å². The third kappa shape index (κ3) is 37.5. The molecule has 414 valence electrons. The Morgan fingerprint density at radius 3 is 0.868 bits per heavy atom. The first-order valence-corrected chi connectivity index (χ1v) is 37.0. The molecule has 0 rings (SSSR count). The summed E-state index contributed by atoms with van der Waals surface area (Å²) in [5, 5.41) is 0. The number of unbranched alkanes of at least 4 members (excludes halogenated alkanes) is 36. The molecule has 0 aromatic heterocycles. The van der Waals surface area contributed by atoms with Crippen molar-refractivity contribution in [2.24, 2.45) is 5.92 Å². The van der Waals surface area contributed by atoms with Gasteiger partial charge in [-0.1, -0.05) is 0 Å². The Morgan fingerprint density at radius 1 is 0.294 bits per heavy atom. The first kappa shape index (κ1) is 70.7. The van der Waals surface area contributed by atoms with Gasteiger partial charge in [-0.3, -0.25) is 0 Å². The molecule has 0 aliphatic carbocycles. The van der Waals surface area contributed by atoms with Crippen LogP contribution in [0.4, 0.5) is 0 Å². The van der Waals surface area contributed by atoms with Crippen LogP contribution in [-0.4, -0.2) is 74.2 Å². The van der Waals surface area contributed by atoms with Gasteiger partial charge in [-0.05, 0) is 17.9 Å². The van der Waals surface area contributed by atoms with Crippen molar-refractivity contribution in [1.29, 1.82) is 0 Å². The van der Waals surface area contributed by atoms with Crippen LogP contribution in [0.5, 0.6) is 0 Å². The van der Waals surface area contributed by atoms with Gasteiger partial charge in [-0.15, -0.1) is 0 Å². The zero-order chi connectivity index (χ0) is 50.6. The third-order valence-electron chi connectivity index (χ3n) is 15.0. The molecule has 0 saturated heterocycles. The van der Waals surface area contributed by atoms with Crippen LogP contribution in [0, 0.1) is 5.92 Å². The van der Waals surface area contributed by atoms with E-state index in [0.717, 1.165) is 113 Å². The molecule has 0 saturated carbocycles. The number of thiol groups is 6. The summed E-state index contributed by atoms with van der Waals surface area (Å²) in [5.74, 6) is 3.58. The SMILES string of the molecule is OP(O)(O)(CCCCCCCCCCCCS)C(S)CCCC(CCCCCCCCCCCCS)C(S)(CCCCCCCCCCCCS)P(O)(O)(O)CCCCCCCCCCCCS. The fourth-order valence-electron chi connectivity index (χ4n) is 10.3. The molecule has 3 unspecified atom stereocenters. The summed E-state index contributed by atoms with van der Waals surface area (Å²) in [6.45, 7) is 0. The molecule has 0 spiro atoms. The van der Waals surface area contributed by atoms with Crippen molar-refractivity contribution in [1.82, 2.24) is 0 Å². The van der Waals surface area contributed by atoms with Crippen molar-refractivity contribution in [2.45, 2.75) is 298 Å². The molecule has 3 atom stereocenters. The Morgan fingerprint density at radius 2 is 0.544 bits per heavy atom. The van der Waals surface area contributed by atoms with Gasteiger partial charge in [0.25, 0.3) is 0 Å². The van der Waals surface area contributed by atoms with Crippen molar-refractivity contribution in [3.8, 4) is 0 Å². The van der Waals surface area contributed by atoms with Gasteiger partial charge in [-0.2, -0.15) is 50.5 Å². The minimum atomic E-state index is -5.31. The Kier molecular flexibility index (Phi) is 46.6. The molecule has 0 aromatic carbocycles. The van der Waals surface area contributed by atoms with Gasteiger partial charge < -0.3 is 0 Å². The minimum absolute atomic E-state index is 0.0251. The van der Waals surface area contributed by atoms with Gasteiger partial charge in [-0.25, -0.2) is 0 Å². The van der Waals surface area contributed by atoms with E-state index in [1.54, 1.807) is 0 Å². The van der Waals surface area contributed by atoms with Gasteiger partial charge in [0, 0.05) is 0 Å². The van der Waals surface area contributed by atoms with Crippen LogP contribution in [0.15, 0.2) is 0 Å². The first-order valence-electron chi connectivity index (χ1n) is 28.9. The summed E-state index contributed by atoms with van der Waals surface area (Å²) in [7, 11) is -10.3. The average Bonchev–Trinajstić information content (AvgIpc) is 3.29. The molecule has 0 aliphatic rings. The molecule has 14 heteroatoms. The molecule has 0 radical (unpaired) electrons. The quantitative estimate of drug-likeness (QED) is 0.0168. The molecule has 0 heterocycles. The summed E-state index contributed by atoms with van der Waals surface area (Å²) in [6, 6.07) is 0.